The molecule has 2 aromatic rings. The first-order chi connectivity index (χ1) is 14.9. The average molecular weight is 429 g/mol. The lowest BCUT2D eigenvalue weighted by atomic mass is 9.98. The molecule has 2 heterocycles. The van der Waals surface area contributed by atoms with E-state index in [1.807, 2.05) is 44.2 Å². The standard InChI is InChI=1S/C25H32O6/c1-14(2)17-7-9-18(10-8-17)24-28-13-21-23(31-24)22(20(27)12-26)30-25(29-21)19-6-5-15(3)16(4)11-19/h5-11,14,20-27H,12-13H2,1-4H3. The Morgan fingerprint density at radius 1 is 0.903 bits per heavy atom. The zero-order valence-corrected chi connectivity index (χ0v) is 18.5. The molecule has 0 aromatic heterocycles. The zero-order chi connectivity index (χ0) is 22.1. The molecule has 2 fully saturated rings. The number of aryl methyl sites for hydroxylation is 2. The van der Waals surface area contributed by atoms with Crippen LogP contribution in [0.5, 0.6) is 0 Å². The van der Waals surface area contributed by atoms with Gasteiger partial charge in [0.2, 0.25) is 0 Å². The van der Waals surface area contributed by atoms with Gasteiger partial charge in [0.25, 0.3) is 0 Å². The van der Waals surface area contributed by atoms with Gasteiger partial charge in [0.05, 0.1) is 13.2 Å². The summed E-state index contributed by atoms with van der Waals surface area (Å²) in [6.45, 7) is 8.26. The monoisotopic (exact) mass is 428 g/mol. The summed E-state index contributed by atoms with van der Waals surface area (Å²) in [5, 5.41) is 20.1. The van der Waals surface area contributed by atoms with E-state index in [4.69, 9.17) is 18.9 Å². The number of benzene rings is 2. The Morgan fingerprint density at radius 3 is 2.26 bits per heavy atom. The van der Waals surface area contributed by atoms with E-state index in [1.165, 1.54) is 11.1 Å². The molecule has 0 aliphatic carbocycles. The van der Waals surface area contributed by atoms with Gasteiger partial charge in [-0.05, 0) is 36.5 Å². The van der Waals surface area contributed by atoms with Gasteiger partial charge in [-0.25, -0.2) is 0 Å². The van der Waals surface area contributed by atoms with Crippen LogP contribution < -0.4 is 0 Å². The second-order valence-corrected chi connectivity index (χ2v) is 8.79. The summed E-state index contributed by atoms with van der Waals surface area (Å²) < 4.78 is 24.4. The lowest BCUT2D eigenvalue weighted by Crippen LogP contribution is -2.58. The van der Waals surface area contributed by atoms with Gasteiger partial charge in [-0.3, -0.25) is 0 Å². The number of hydrogen-bond donors (Lipinski definition) is 2. The smallest absolute Gasteiger partial charge is 0.184 e. The first-order valence-corrected chi connectivity index (χ1v) is 10.9. The van der Waals surface area contributed by atoms with Crippen molar-refractivity contribution >= 4 is 0 Å². The quantitative estimate of drug-likeness (QED) is 0.757. The Bertz CT molecular complexity index is 880. The van der Waals surface area contributed by atoms with Crippen LogP contribution in [0.1, 0.15) is 60.2 Å². The minimum atomic E-state index is -1.09. The van der Waals surface area contributed by atoms with Gasteiger partial charge in [-0.15, -0.1) is 0 Å². The van der Waals surface area contributed by atoms with Crippen molar-refractivity contribution in [2.75, 3.05) is 13.2 Å². The van der Waals surface area contributed by atoms with Crippen LogP contribution in [-0.2, 0) is 18.9 Å². The van der Waals surface area contributed by atoms with E-state index >= 15 is 0 Å². The van der Waals surface area contributed by atoms with Gasteiger partial charge >= 0.3 is 0 Å². The molecule has 2 aliphatic rings. The number of fused-ring (bicyclic) bond motifs is 1. The second kappa shape index (κ2) is 9.36. The molecule has 6 atom stereocenters. The third-order valence-electron chi connectivity index (χ3n) is 6.21. The van der Waals surface area contributed by atoms with Gasteiger partial charge in [0, 0.05) is 11.1 Å². The number of rotatable bonds is 5. The topological polar surface area (TPSA) is 77.4 Å². The molecule has 0 bridgehead atoms. The molecule has 4 rings (SSSR count). The molecule has 0 radical (unpaired) electrons. The number of hydrogen-bond acceptors (Lipinski definition) is 6. The largest absolute Gasteiger partial charge is 0.394 e. The minimum Gasteiger partial charge on any atom is -0.394 e. The van der Waals surface area contributed by atoms with Crippen LogP contribution in [0.2, 0.25) is 0 Å². The highest BCUT2D eigenvalue weighted by Crippen LogP contribution is 2.39. The van der Waals surface area contributed by atoms with Gasteiger partial charge in [-0.1, -0.05) is 56.3 Å². The molecule has 0 amide bonds. The third kappa shape index (κ3) is 4.70. The molecule has 2 aliphatic heterocycles. The molecule has 168 valence electrons. The van der Waals surface area contributed by atoms with Crippen LogP contribution in [0.4, 0.5) is 0 Å². The zero-order valence-electron chi connectivity index (χ0n) is 18.5. The van der Waals surface area contributed by atoms with E-state index < -0.39 is 43.6 Å². The molecule has 0 spiro atoms. The molecular formula is C25H32O6. The van der Waals surface area contributed by atoms with Crippen molar-refractivity contribution in [3.05, 3.63) is 70.3 Å². The van der Waals surface area contributed by atoms with E-state index in [9.17, 15) is 10.2 Å². The van der Waals surface area contributed by atoms with Crippen LogP contribution in [0.25, 0.3) is 0 Å². The maximum absolute atomic E-state index is 10.5. The van der Waals surface area contributed by atoms with Crippen LogP contribution in [0.15, 0.2) is 42.5 Å². The van der Waals surface area contributed by atoms with E-state index in [1.54, 1.807) is 0 Å². The summed E-state index contributed by atoms with van der Waals surface area (Å²) in [5.41, 5.74) is 5.32. The second-order valence-electron chi connectivity index (χ2n) is 8.79. The predicted octanol–water partition coefficient (Wildman–Crippen LogP) is 3.68. The van der Waals surface area contributed by atoms with Gasteiger partial charge in [0.1, 0.15) is 24.4 Å². The van der Waals surface area contributed by atoms with Gasteiger partial charge in [0.15, 0.2) is 12.6 Å². The Kier molecular flexibility index (Phi) is 6.77. The Labute approximate surface area is 183 Å². The van der Waals surface area contributed by atoms with Crippen LogP contribution in [0, 0.1) is 13.8 Å². The molecule has 31 heavy (non-hydrogen) atoms. The maximum Gasteiger partial charge on any atom is 0.184 e. The molecule has 6 heteroatoms. The molecule has 0 saturated carbocycles. The fourth-order valence-electron chi connectivity index (χ4n) is 4.06. The summed E-state index contributed by atoms with van der Waals surface area (Å²) in [4.78, 5) is 0. The first-order valence-electron chi connectivity index (χ1n) is 10.9. The van der Waals surface area contributed by atoms with E-state index in [-0.39, 0.29) is 0 Å². The maximum atomic E-state index is 10.5. The number of ether oxygens (including phenoxy) is 4. The highest BCUT2D eigenvalue weighted by Gasteiger charge is 2.48. The molecular weight excluding hydrogens is 396 g/mol. The predicted molar refractivity (Wildman–Crippen MR) is 116 cm³/mol. The minimum absolute atomic E-state index is 0.306. The third-order valence-corrected chi connectivity index (χ3v) is 6.21. The highest BCUT2D eigenvalue weighted by atomic mass is 16.8. The highest BCUT2D eigenvalue weighted by molar-refractivity contribution is 5.31. The van der Waals surface area contributed by atoms with Crippen molar-refractivity contribution in [3.8, 4) is 0 Å². The van der Waals surface area contributed by atoms with Crippen molar-refractivity contribution < 1.29 is 29.2 Å². The summed E-state index contributed by atoms with van der Waals surface area (Å²) in [6.07, 6.45) is -4.06. The van der Waals surface area contributed by atoms with Crippen molar-refractivity contribution in [2.24, 2.45) is 0 Å². The lowest BCUT2D eigenvalue weighted by Gasteiger charge is -2.47. The molecule has 6 nitrogen and oxygen atoms in total. The Morgan fingerprint density at radius 2 is 1.61 bits per heavy atom. The molecule has 2 N–H and O–H groups in total. The average Bonchev–Trinajstić information content (AvgIpc) is 2.79. The van der Waals surface area contributed by atoms with E-state index in [0.29, 0.717) is 12.5 Å². The summed E-state index contributed by atoms with van der Waals surface area (Å²) >= 11 is 0. The molecule has 2 aromatic carbocycles. The van der Waals surface area contributed by atoms with Crippen LogP contribution >= 0.6 is 0 Å². The van der Waals surface area contributed by atoms with Gasteiger partial charge in [-0.2, -0.15) is 0 Å². The van der Waals surface area contributed by atoms with E-state index in [2.05, 4.69) is 26.0 Å². The Balaban J connectivity index is 1.54. The van der Waals surface area contributed by atoms with Crippen LogP contribution in [-0.4, -0.2) is 47.8 Å². The summed E-state index contributed by atoms with van der Waals surface area (Å²) in [6, 6.07) is 14.1. The molecule has 6 unspecified atom stereocenters. The van der Waals surface area contributed by atoms with Crippen molar-refractivity contribution in [2.45, 2.75) is 70.6 Å². The lowest BCUT2D eigenvalue weighted by molar-refractivity contribution is -0.373. The fraction of sp³-hybridized carbons (Fsp3) is 0.520. The molecule has 2 saturated heterocycles. The first kappa shape index (κ1) is 22.4. The Hall–Kier alpha value is -1.80. The van der Waals surface area contributed by atoms with Crippen molar-refractivity contribution in [1.82, 2.24) is 0 Å². The van der Waals surface area contributed by atoms with Gasteiger partial charge < -0.3 is 29.2 Å². The fourth-order valence-corrected chi connectivity index (χ4v) is 4.06. The summed E-state index contributed by atoms with van der Waals surface area (Å²) in [5.74, 6) is 0.443. The number of aliphatic hydroxyl groups excluding tert-OH is 2. The van der Waals surface area contributed by atoms with Crippen molar-refractivity contribution in [3.63, 3.8) is 0 Å². The SMILES string of the molecule is Cc1ccc(C2OC3COC(c4ccc(C(C)C)cc4)OC3C(C(O)CO)O2)cc1C. The number of aliphatic hydroxyl groups is 2. The van der Waals surface area contributed by atoms with E-state index in [0.717, 1.165) is 16.7 Å². The summed E-state index contributed by atoms with van der Waals surface area (Å²) in [7, 11) is 0. The normalized spacial score (nSPS) is 29.6. The van der Waals surface area contributed by atoms with Crippen LogP contribution in [0.3, 0.4) is 0 Å². The van der Waals surface area contributed by atoms with Crippen molar-refractivity contribution in [1.29, 1.82) is 0 Å².